The van der Waals surface area contributed by atoms with E-state index in [1.807, 2.05) is 0 Å². The highest BCUT2D eigenvalue weighted by molar-refractivity contribution is 5.98. The maximum absolute atomic E-state index is 13.2. The fourth-order valence-corrected chi connectivity index (χ4v) is 3.05. The number of fused-ring (bicyclic) bond motifs is 2. The lowest BCUT2D eigenvalue weighted by atomic mass is 10.1. The van der Waals surface area contributed by atoms with E-state index in [2.05, 4.69) is 0 Å². The Morgan fingerprint density at radius 3 is 1.26 bits per heavy atom. The molecule has 144 valence electrons. The van der Waals surface area contributed by atoms with Crippen molar-refractivity contribution in [1.29, 1.82) is 0 Å². The molecule has 8 heteroatoms. The van der Waals surface area contributed by atoms with Gasteiger partial charge in [-0.2, -0.15) is 0 Å². The normalized spacial score (nSPS) is 10.7. The van der Waals surface area contributed by atoms with Gasteiger partial charge in [-0.3, -0.25) is 4.79 Å². The fraction of sp³-hybridized carbons (Fsp3) is 0.316. The van der Waals surface area contributed by atoms with Gasteiger partial charge in [0.05, 0.1) is 53.4 Å². The van der Waals surface area contributed by atoms with Gasteiger partial charge < -0.3 is 32.8 Å². The molecule has 0 radical (unpaired) electrons. The van der Waals surface area contributed by atoms with Crippen molar-refractivity contribution in [2.75, 3.05) is 42.7 Å². The smallest absolute Gasteiger partial charge is 0.208 e. The molecule has 0 amide bonds. The SMILES string of the molecule is COc1cc2c(=O)c3cc(OC)c(OC)c(OC)c3oc2c(OC)c1OC. The third-order valence-corrected chi connectivity index (χ3v) is 4.26. The van der Waals surface area contributed by atoms with Crippen LogP contribution in [0.3, 0.4) is 0 Å². The van der Waals surface area contributed by atoms with E-state index in [0.717, 1.165) is 0 Å². The van der Waals surface area contributed by atoms with Crippen molar-refractivity contribution in [2.45, 2.75) is 0 Å². The summed E-state index contributed by atoms with van der Waals surface area (Å²) in [4.78, 5) is 13.2. The minimum atomic E-state index is -0.301. The van der Waals surface area contributed by atoms with Gasteiger partial charge in [0.2, 0.25) is 28.4 Å². The lowest BCUT2D eigenvalue weighted by Gasteiger charge is -2.16. The Morgan fingerprint density at radius 2 is 0.963 bits per heavy atom. The summed E-state index contributed by atoms with van der Waals surface area (Å²) < 4.78 is 38.3. The van der Waals surface area contributed by atoms with Gasteiger partial charge >= 0.3 is 0 Å². The van der Waals surface area contributed by atoms with Crippen LogP contribution in [0.4, 0.5) is 0 Å². The molecule has 0 aliphatic carbocycles. The summed E-state index contributed by atoms with van der Waals surface area (Å²) in [7, 11) is 8.80. The van der Waals surface area contributed by atoms with Gasteiger partial charge in [-0.25, -0.2) is 0 Å². The molecular formula is C19H20O8. The molecule has 0 aliphatic heterocycles. The van der Waals surface area contributed by atoms with Crippen molar-refractivity contribution in [1.82, 2.24) is 0 Å². The highest BCUT2D eigenvalue weighted by Gasteiger charge is 2.25. The van der Waals surface area contributed by atoms with E-state index in [9.17, 15) is 4.79 Å². The van der Waals surface area contributed by atoms with Gasteiger partial charge in [0, 0.05) is 0 Å². The predicted molar refractivity (Wildman–Crippen MR) is 99.3 cm³/mol. The Labute approximate surface area is 155 Å². The van der Waals surface area contributed by atoms with Gasteiger partial charge in [-0.05, 0) is 12.1 Å². The summed E-state index contributed by atoms with van der Waals surface area (Å²) >= 11 is 0. The Balaban J connectivity index is 2.59. The van der Waals surface area contributed by atoms with Crippen LogP contribution in [0, 0.1) is 0 Å². The van der Waals surface area contributed by atoms with Crippen LogP contribution in [-0.4, -0.2) is 42.7 Å². The Bertz CT molecular complexity index is 986. The zero-order valence-electron chi connectivity index (χ0n) is 15.9. The maximum Gasteiger partial charge on any atom is 0.208 e. The molecule has 0 fully saturated rings. The van der Waals surface area contributed by atoms with Gasteiger partial charge in [-0.15, -0.1) is 0 Å². The number of benzene rings is 2. The standard InChI is InChI=1S/C19H20O8/c1-21-11-7-9-13(20)10-8-12(22-2)17(24-4)19(26-6)15(10)27-14(9)18(25-5)16(11)23-3/h7-8H,1-6H3. The summed E-state index contributed by atoms with van der Waals surface area (Å²) in [6, 6.07) is 3.09. The Hall–Kier alpha value is -3.29. The topological polar surface area (TPSA) is 85.6 Å². The second-order valence-corrected chi connectivity index (χ2v) is 5.48. The molecule has 1 aromatic heterocycles. The highest BCUT2D eigenvalue weighted by Crippen LogP contribution is 2.47. The minimum Gasteiger partial charge on any atom is -0.493 e. The van der Waals surface area contributed by atoms with Crippen molar-refractivity contribution < 1.29 is 32.8 Å². The first-order valence-electron chi connectivity index (χ1n) is 7.94. The van der Waals surface area contributed by atoms with E-state index in [1.165, 1.54) is 42.7 Å². The van der Waals surface area contributed by atoms with E-state index >= 15 is 0 Å². The maximum atomic E-state index is 13.2. The van der Waals surface area contributed by atoms with Crippen LogP contribution in [-0.2, 0) is 0 Å². The summed E-state index contributed by atoms with van der Waals surface area (Å²) in [5.74, 6) is 1.80. The first-order chi connectivity index (χ1) is 13.1. The van der Waals surface area contributed by atoms with Crippen molar-refractivity contribution >= 4 is 21.9 Å². The van der Waals surface area contributed by atoms with Crippen molar-refractivity contribution in [3.8, 4) is 34.5 Å². The monoisotopic (exact) mass is 376 g/mol. The van der Waals surface area contributed by atoms with Crippen molar-refractivity contribution in [3.63, 3.8) is 0 Å². The fourth-order valence-electron chi connectivity index (χ4n) is 3.05. The zero-order valence-corrected chi connectivity index (χ0v) is 15.9. The Morgan fingerprint density at radius 1 is 0.593 bits per heavy atom. The number of ether oxygens (including phenoxy) is 6. The molecule has 0 aliphatic rings. The lowest BCUT2D eigenvalue weighted by Crippen LogP contribution is -2.07. The largest absolute Gasteiger partial charge is 0.493 e. The van der Waals surface area contributed by atoms with Crippen LogP contribution in [0.25, 0.3) is 21.9 Å². The third-order valence-electron chi connectivity index (χ3n) is 4.26. The van der Waals surface area contributed by atoms with Gasteiger partial charge in [0.1, 0.15) is 0 Å². The molecule has 0 N–H and O–H groups in total. The first-order valence-corrected chi connectivity index (χ1v) is 7.94. The summed E-state index contributed by atoms with van der Waals surface area (Å²) in [5, 5.41) is 0.539. The van der Waals surface area contributed by atoms with E-state index in [0.29, 0.717) is 23.0 Å². The average molecular weight is 376 g/mol. The van der Waals surface area contributed by atoms with Crippen molar-refractivity contribution in [2.24, 2.45) is 0 Å². The molecule has 0 atom stereocenters. The van der Waals surface area contributed by atoms with Crippen LogP contribution in [0.1, 0.15) is 0 Å². The molecule has 0 saturated heterocycles. The highest BCUT2D eigenvalue weighted by atomic mass is 16.5. The molecule has 2 aromatic carbocycles. The number of rotatable bonds is 6. The number of hydrogen-bond acceptors (Lipinski definition) is 8. The number of hydrogen-bond donors (Lipinski definition) is 0. The molecule has 27 heavy (non-hydrogen) atoms. The van der Waals surface area contributed by atoms with Crippen molar-refractivity contribution in [3.05, 3.63) is 22.4 Å². The van der Waals surface area contributed by atoms with Gasteiger partial charge in [0.25, 0.3) is 0 Å². The second kappa shape index (κ2) is 7.14. The zero-order chi connectivity index (χ0) is 19.7. The molecule has 0 unspecified atom stereocenters. The van der Waals surface area contributed by atoms with Crippen LogP contribution in [0.5, 0.6) is 34.5 Å². The molecule has 3 rings (SSSR count). The summed E-state index contributed by atoms with van der Waals surface area (Å²) in [6.07, 6.45) is 0. The molecular weight excluding hydrogens is 356 g/mol. The van der Waals surface area contributed by atoms with Crippen LogP contribution >= 0.6 is 0 Å². The average Bonchev–Trinajstić information content (AvgIpc) is 2.71. The quantitative estimate of drug-likeness (QED) is 0.607. The molecule has 3 aromatic rings. The van der Waals surface area contributed by atoms with Crippen LogP contribution < -0.4 is 33.8 Å². The molecule has 8 nitrogen and oxygen atoms in total. The summed E-state index contributed by atoms with van der Waals surface area (Å²) in [5.41, 5.74) is 0.112. The third kappa shape index (κ3) is 2.64. The Kier molecular flexibility index (Phi) is 4.89. The molecule has 0 bridgehead atoms. The summed E-state index contributed by atoms with van der Waals surface area (Å²) in [6.45, 7) is 0. The van der Waals surface area contributed by atoms with E-state index in [4.69, 9.17) is 32.8 Å². The predicted octanol–water partition coefficient (Wildman–Crippen LogP) is 3.00. The molecule has 0 spiro atoms. The van der Waals surface area contributed by atoms with E-state index in [-0.39, 0.29) is 38.9 Å². The van der Waals surface area contributed by atoms with Gasteiger partial charge in [0.15, 0.2) is 22.7 Å². The molecule has 1 heterocycles. The van der Waals surface area contributed by atoms with E-state index in [1.54, 1.807) is 12.1 Å². The van der Waals surface area contributed by atoms with Crippen LogP contribution in [0.15, 0.2) is 21.3 Å². The second-order valence-electron chi connectivity index (χ2n) is 5.48. The minimum absolute atomic E-state index is 0.207. The van der Waals surface area contributed by atoms with E-state index < -0.39 is 0 Å². The lowest BCUT2D eigenvalue weighted by molar-refractivity contribution is 0.321. The van der Waals surface area contributed by atoms with Crippen LogP contribution in [0.2, 0.25) is 0 Å². The molecule has 0 saturated carbocycles. The first kappa shape index (κ1) is 18.5. The number of methoxy groups -OCH3 is 6. The van der Waals surface area contributed by atoms with Gasteiger partial charge in [-0.1, -0.05) is 0 Å².